The van der Waals surface area contributed by atoms with Crippen LogP contribution in [0, 0.1) is 55.4 Å². The molecule has 0 aliphatic heterocycles. The summed E-state index contributed by atoms with van der Waals surface area (Å²) in [6, 6.07) is 158. The Morgan fingerprint density at radius 2 is 0.523 bits per heavy atom. The van der Waals surface area contributed by atoms with Crippen molar-refractivity contribution in [2.45, 2.75) is 0 Å². The van der Waals surface area contributed by atoms with Crippen LogP contribution in [-0.4, -0.2) is 42.4 Å². The Balaban J connectivity index is 0.000000117. The first kappa shape index (κ1) is 92.2. The van der Waals surface area contributed by atoms with E-state index < -0.39 is 0 Å². The van der Waals surface area contributed by atoms with Crippen molar-refractivity contribution in [3.63, 3.8) is 0 Å². The molecular weight excluding hydrogens is 2390 g/mol. The number of aromatic nitrogens is 12. The van der Waals surface area contributed by atoms with Crippen molar-refractivity contribution in [3.8, 4) is 97.0 Å². The number of nitrogens with zero attached hydrogens (tertiary/aromatic N) is 12. The first-order valence-electron chi connectivity index (χ1n) is 48.0. The molecule has 0 amide bonds. The van der Waals surface area contributed by atoms with Crippen LogP contribution >= 0.6 is 0 Å². The number of rotatable bonds is 15. The number of furan rings is 3. The van der Waals surface area contributed by atoms with Crippen molar-refractivity contribution in [2.24, 2.45) is 14.1 Å². The first-order valence-corrected chi connectivity index (χ1v) is 48.0. The standard InChI is InChI=1S/C54H32N4O2.2C37H22N4O2.3Pt/c1-3-15-36(16-4-1)41-23-14-24-42(37-17-5-2-6-18-37)53(41)57-35-56(47-26-10-11-27-48(47)57)38-19-13-20-39(33-38)59-40-29-30-44-43-21-7-9-25-46(43)58(49(44)34-40)54-52-45-22-8-12-28-50(45)60-51(52)31-32-55-54;2*1-39-23-40(32-15-6-5-14-31(32)39)24-9-8-10-25(21-24)42-26-17-18-28-27-11-2-4-13-30(27)41(33(28)22-26)37-36-29-12-3-7-16-34(29)43-35(36)19-20-38-37;;;/h1-32H;2*2-20H,1H3;;;/q3*-2;;;. The van der Waals surface area contributed by atoms with Gasteiger partial charge in [-0.2, -0.15) is 54.6 Å². The van der Waals surface area contributed by atoms with Crippen LogP contribution in [-0.2, 0) is 77.3 Å². The molecule has 18 nitrogen and oxygen atoms in total. The third kappa shape index (κ3) is 15.9. The third-order valence-electron chi connectivity index (χ3n) is 27.2. The van der Waals surface area contributed by atoms with Crippen molar-refractivity contribution in [3.05, 3.63) is 480 Å². The summed E-state index contributed by atoms with van der Waals surface area (Å²) < 4.78 is 56.8. The molecule has 149 heavy (non-hydrogen) atoms. The van der Waals surface area contributed by atoms with Crippen LogP contribution in [0.4, 0.5) is 0 Å². The zero-order valence-corrected chi connectivity index (χ0v) is 86.0. The van der Waals surface area contributed by atoms with Crippen LogP contribution in [0.15, 0.2) is 438 Å². The van der Waals surface area contributed by atoms with E-state index in [0.717, 1.165) is 227 Å². The SMILES string of the molecule is C[n+]1[c-]n(-c2[c-]c(Oc3[c-]c4c(cc3)c3ccccc3n4-c3nccc4oc5ccccc5c34)ccc2)c2ccccc21.C[n+]1[c-]n(-c2[c-]c(Oc3[c-]c4c(cc3)c3ccccc3n4-c3nccc4oc5ccccc5c34)ccc2)c2ccccc21.[Pt].[Pt].[Pt].[c-]1c(Oc2[c-]c3c(cc2)c2ccccc2n3-c2nccc3oc4ccccc4c23)cccc1-n1[c-][n+](-c2c(-c3ccccc3)cccc2-c2ccccc2)c2ccccc21. The average molecular weight is 2460 g/mol. The normalized spacial score (nSPS) is 11.5. The summed E-state index contributed by atoms with van der Waals surface area (Å²) in [6.45, 7) is 0. The van der Waals surface area contributed by atoms with Crippen LogP contribution in [0.3, 0.4) is 0 Å². The second-order valence-corrected chi connectivity index (χ2v) is 35.8. The third-order valence-corrected chi connectivity index (χ3v) is 27.2. The molecule has 0 spiro atoms. The predicted molar refractivity (Wildman–Crippen MR) is 572 cm³/mol. The van der Waals surface area contributed by atoms with E-state index in [9.17, 15) is 0 Å². The Hall–Kier alpha value is -17.9. The largest absolute Gasteiger partial charge is 0.510 e. The molecule has 30 rings (SSSR count). The minimum atomic E-state index is 0. The van der Waals surface area contributed by atoms with E-state index in [2.05, 4.69) is 303 Å². The van der Waals surface area contributed by atoms with E-state index in [1.54, 1.807) is 18.6 Å². The van der Waals surface area contributed by atoms with Crippen LogP contribution < -0.4 is 27.9 Å². The first-order chi connectivity index (χ1) is 72.2. The second-order valence-electron chi connectivity index (χ2n) is 35.8. The summed E-state index contributed by atoms with van der Waals surface area (Å²) in [7, 11) is 3.98. The van der Waals surface area contributed by atoms with Crippen LogP contribution in [0.5, 0.6) is 34.5 Å². The minimum Gasteiger partial charge on any atom is -0.510 e. The number of fused-ring (bicyclic) bond motifs is 21. The van der Waals surface area contributed by atoms with Gasteiger partial charge in [-0.05, 0) is 98.7 Å². The second kappa shape index (κ2) is 38.2. The number of hydrogen-bond donors (Lipinski definition) is 0. The summed E-state index contributed by atoms with van der Waals surface area (Å²) in [5, 5.41) is 12.4. The maximum absolute atomic E-state index is 6.64. The van der Waals surface area contributed by atoms with Gasteiger partial charge in [-0.1, -0.05) is 289 Å². The van der Waals surface area contributed by atoms with Crippen LogP contribution in [0.25, 0.3) is 227 Å². The van der Waals surface area contributed by atoms with Crippen molar-refractivity contribution < 1.29 is 104 Å². The van der Waals surface area contributed by atoms with Gasteiger partial charge >= 0.3 is 0 Å². The number of hydrogen-bond acceptors (Lipinski definition) is 9. The monoisotopic (exact) mass is 2460 g/mol. The molecule has 0 bridgehead atoms. The number of aryl methyl sites for hydroxylation is 2. The van der Waals surface area contributed by atoms with Gasteiger partial charge in [-0.3, -0.25) is 4.57 Å². The Morgan fingerprint density at radius 3 is 0.886 bits per heavy atom. The minimum absolute atomic E-state index is 0. The number of imidazole rings is 3. The maximum Gasteiger partial charge on any atom is 0.268 e. The zero-order chi connectivity index (χ0) is 96.6. The van der Waals surface area contributed by atoms with Crippen molar-refractivity contribution in [1.29, 1.82) is 0 Å². The molecule has 0 fully saturated rings. The van der Waals surface area contributed by atoms with Gasteiger partial charge in [0.25, 0.3) is 6.33 Å². The van der Waals surface area contributed by atoms with E-state index in [0.29, 0.717) is 34.5 Å². The molecule has 0 unspecified atom stereocenters. The van der Waals surface area contributed by atoms with E-state index in [1.165, 1.54) is 0 Å². The molecule has 0 saturated carbocycles. The van der Waals surface area contributed by atoms with Gasteiger partial charge in [0.05, 0.1) is 69.0 Å². The van der Waals surface area contributed by atoms with Gasteiger partial charge in [-0.15, -0.1) is 89.0 Å². The van der Waals surface area contributed by atoms with E-state index >= 15 is 0 Å². The average Bonchev–Trinajstić information content (AvgIpc) is 1.58. The Morgan fingerprint density at radius 1 is 0.235 bits per heavy atom. The van der Waals surface area contributed by atoms with Crippen LogP contribution in [0.2, 0.25) is 0 Å². The summed E-state index contributed by atoms with van der Waals surface area (Å²) in [5.74, 6) is 5.82. The number of benzene rings is 18. The molecule has 0 radical (unpaired) electrons. The van der Waals surface area contributed by atoms with Gasteiger partial charge in [0.1, 0.15) is 51.0 Å². The topological polar surface area (TPSA) is 147 Å². The number of pyridine rings is 3. The number of para-hydroxylation sites is 13. The Labute approximate surface area is 895 Å². The summed E-state index contributed by atoms with van der Waals surface area (Å²) in [6.07, 6.45) is 15.9. The molecule has 720 valence electrons. The van der Waals surface area contributed by atoms with Crippen molar-refractivity contribution in [1.82, 2.24) is 42.4 Å². The predicted octanol–water partition coefficient (Wildman–Crippen LogP) is 28.9. The molecular formula is C128H76N12O6Pt3-6. The summed E-state index contributed by atoms with van der Waals surface area (Å²) in [5.41, 5.74) is 24.8. The molecule has 0 aliphatic rings. The molecule has 18 aromatic carbocycles. The smallest absolute Gasteiger partial charge is 0.268 e. The molecule has 21 heteroatoms. The van der Waals surface area contributed by atoms with Crippen molar-refractivity contribution >= 4 is 164 Å². The van der Waals surface area contributed by atoms with Gasteiger partial charge in [0.2, 0.25) is 12.7 Å². The van der Waals surface area contributed by atoms with Gasteiger partial charge < -0.3 is 64.0 Å². The fraction of sp³-hybridized carbons (Fsp3) is 0.0156. The van der Waals surface area contributed by atoms with Crippen LogP contribution in [0.1, 0.15) is 0 Å². The Bertz CT molecular complexity index is 10100. The molecule has 12 heterocycles. The number of ether oxygens (including phenoxy) is 3. The molecule has 0 saturated heterocycles. The fourth-order valence-electron chi connectivity index (χ4n) is 20.8. The molecule has 30 aromatic rings. The molecule has 12 aromatic heterocycles. The Kier molecular flexibility index (Phi) is 23.7. The van der Waals surface area contributed by atoms with E-state index in [-0.39, 0.29) is 63.2 Å². The summed E-state index contributed by atoms with van der Waals surface area (Å²) in [4.78, 5) is 14.7. The van der Waals surface area contributed by atoms with Gasteiger partial charge in [-0.25, -0.2) is 15.0 Å². The molecule has 0 atom stereocenters. The quantitative estimate of drug-likeness (QED) is 0.0723. The molecule has 0 N–H and O–H groups in total. The molecule has 0 aliphatic carbocycles. The van der Waals surface area contributed by atoms with Gasteiger partial charge in [0.15, 0.2) is 0 Å². The maximum atomic E-state index is 6.64. The summed E-state index contributed by atoms with van der Waals surface area (Å²) >= 11 is 0. The fourth-order valence-corrected chi connectivity index (χ4v) is 20.8. The van der Waals surface area contributed by atoms with Crippen molar-refractivity contribution in [2.75, 3.05) is 0 Å². The van der Waals surface area contributed by atoms with Gasteiger partial charge in [0, 0.05) is 149 Å². The van der Waals surface area contributed by atoms with E-state index in [1.807, 2.05) is 214 Å². The zero-order valence-electron chi connectivity index (χ0n) is 79.2. The van der Waals surface area contributed by atoms with E-state index in [4.69, 9.17) is 42.4 Å².